The molecule has 0 saturated heterocycles. The highest BCUT2D eigenvalue weighted by Crippen LogP contribution is 2.40. The number of amides is 1. The van der Waals surface area contributed by atoms with Gasteiger partial charge in [0.25, 0.3) is 5.91 Å². The predicted octanol–water partition coefficient (Wildman–Crippen LogP) is 7.21. The van der Waals surface area contributed by atoms with Gasteiger partial charge in [-0.05, 0) is 53.4 Å². The van der Waals surface area contributed by atoms with Gasteiger partial charge in [-0.1, -0.05) is 60.7 Å². The Morgan fingerprint density at radius 1 is 0.769 bits per heavy atom. The minimum atomic E-state index is -0.445. The van der Waals surface area contributed by atoms with Crippen LogP contribution in [0, 0.1) is 0 Å². The molecular weight excluding hydrogens is 488 g/mol. The topological polar surface area (TPSA) is 60.0 Å². The van der Waals surface area contributed by atoms with Crippen LogP contribution in [-0.2, 0) is 6.61 Å². The summed E-state index contributed by atoms with van der Waals surface area (Å²) >= 11 is 0. The van der Waals surface area contributed by atoms with Gasteiger partial charge >= 0.3 is 0 Å². The van der Waals surface area contributed by atoms with Crippen molar-refractivity contribution in [1.82, 2.24) is 0 Å². The van der Waals surface area contributed by atoms with Crippen molar-refractivity contribution in [3.05, 3.63) is 126 Å². The van der Waals surface area contributed by atoms with Gasteiger partial charge in [-0.3, -0.25) is 9.69 Å². The average molecular weight is 517 g/mol. The molecule has 1 heterocycles. The molecule has 1 unspecified atom stereocenters. The highest BCUT2D eigenvalue weighted by Gasteiger charge is 2.35. The molecule has 1 aliphatic rings. The van der Waals surface area contributed by atoms with Gasteiger partial charge in [0.15, 0.2) is 0 Å². The molecule has 6 nitrogen and oxygen atoms in total. The highest BCUT2D eigenvalue weighted by molar-refractivity contribution is 6.15. The van der Waals surface area contributed by atoms with Crippen molar-refractivity contribution in [3.63, 3.8) is 0 Å². The quantitative estimate of drug-likeness (QED) is 0.248. The van der Waals surface area contributed by atoms with Crippen molar-refractivity contribution in [3.8, 4) is 17.2 Å². The van der Waals surface area contributed by atoms with E-state index in [2.05, 4.69) is 23.5 Å². The summed E-state index contributed by atoms with van der Waals surface area (Å²) in [6.07, 6.45) is -0.445. The number of benzene rings is 5. The third-order valence-electron chi connectivity index (χ3n) is 7.01. The van der Waals surface area contributed by atoms with Crippen LogP contribution in [-0.4, -0.2) is 20.1 Å². The maximum atomic E-state index is 14.0. The van der Waals surface area contributed by atoms with E-state index in [1.807, 2.05) is 95.9 Å². The fraction of sp³-hybridized carbons (Fsp3) is 0.121. The predicted molar refractivity (Wildman–Crippen MR) is 154 cm³/mol. The highest BCUT2D eigenvalue weighted by atomic mass is 16.5. The van der Waals surface area contributed by atoms with Gasteiger partial charge in [0.1, 0.15) is 30.0 Å². The molecule has 0 aliphatic carbocycles. The third-order valence-corrected chi connectivity index (χ3v) is 7.01. The van der Waals surface area contributed by atoms with Crippen molar-refractivity contribution in [2.24, 2.45) is 0 Å². The molecular formula is C33H28N2O4. The first-order valence-electron chi connectivity index (χ1n) is 12.8. The first kappa shape index (κ1) is 24.4. The minimum absolute atomic E-state index is 0.0595. The maximum absolute atomic E-state index is 14.0. The van der Waals surface area contributed by atoms with E-state index >= 15 is 0 Å². The SMILES string of the molecule is COc1cccc(OCc2cc(C3Nc4ccccc4C(=O)N3c3cccc4ccccc34)ccc2OC)c1. The summed E-state index contributed by atoms with van der Waals surface area (Å²) in [5.74, 6) is 2.07. The molecule has 0 fully saturated rings. The normalized spacial score (nSPS) is 14.5. The van der Waals surface area contributed by atoms with Gasteiger partial charge in [0, 0.05) is 22.7 Å². The third kappa shape index (κ3) is 4.61. The van der Waals surface area contributed by atoms with Crippen LogP contribution >= 0.6 is 0 Å². The van der Waals surface area contributed by atoms with Gasteiger partial charge in [0.2, 0.25) is 0 Å². The second kappa shape index (κ2) is 10.4. The Morgan fingerprint density at radius 3 is 2.41 bits per heavy atom. The van der Waals surface area contributed by atoms with Gasteiger partial charge in [-0.2, -0.15) is 0 Å². The van der Waals surface area contributed by atoms with Gasteiger partial charge < -0.3 is 19.5 Å². The van der Waals surface area contributed by atoms with E-state index in [1.165, 1.54) is 0 Å². The Balaban J connectivity index is 1.42. The number of carbonyl (C=O) groups excluding carboxylic acids is 1. The number of ether oxygens (including phenoxy) is 3. The Hall–Kier alpha value is -4.97. The number of anilines is 2. The molecule has 6 heteroatoms. The van der Waals surface area contributed by atoms with E-state index in [0.717, 1.165) is 39.0 Å². The van der Waals surface area contributed by atoms with E-state index in [-0.39, 0.29) is 12.5 Å². The van der Waals surface area contributed by atoms with Crippen molar-refractivity contribution in [2.45, 2.75) is 12.8 Å². The van der Waals surface area contributed by atoms with Crippen LogP contribution in [0.5, 0.6) is 17.2 Å². The number of hydrogen-bond acceptors (Lipinski definition) is 5. The average Bonchev–Trinajstić information content (AvgIpc) is 3.00. The lowest BCUT2D eigenvalue weighted by Gasteiger charge is -2.39. The molecule has 0 spiro atoms. The van der Waals surface area contributed by atoms with Crippen LogP contribution in [0.4, 0.5) is 11.4 Å². The Bertz CT molecular complexity index is 1660. The zero-order chi connectivity index (χ0) is 26.8. The number of nitrogens with one attached hydrogen (secondary N) is 1. The van der Waals surface area contributed by atoms with E-state index in [9.17, 15) is 4.79 Å². The van der Waals surface area contributed by atoms with Crippen LogP contribution in [0.15, 0.2) is 109 Å². The Morgan fingerprint density at radius 2 is 1.54 bits per heavy atom. The van der Waals surface area contributed by atoms with Crippen LogP contribution < -0.4 is 24.4 Å². The van der Waals surface area contributed by atoms with Crippen molar-refractivity contribution < 1.29 is 19.0 Å². The molecule has 1 amide bonds. The molecule has 39 heavy (non-hydrogen) atoms. The fourth-order valence-electron chi connectivity index (χ4n) is 5.09. The Kier molecular flexibility index (Phi) is 6.51. The minimum Gasteiger partial charge on any atom is -0.497 e. The summed E-state index contributed by atoms with van der Waals surface area (Å²) in [6.45, 7) is 0.287. The number of para-hydroxylation sites is 1. The van der Waals surface area contributed by atoms with Gasteiger partial charge in [0.05, 0.1) is 25.5 Å². The molecule has 5 aromatic carbocycles. The lowest BCUT2D eigenvalue weighted by Crippen LogP contribution is -2.43. The molecule has 1 atom stereocenters. The lowest BCUT2D eigenvalue weighted by molar-refractivity contribution is 0.0975. The summed E-state index contributed by atoms with van der Waals surface area (Å²) < 4.78 is 17.1. The van der Waals surface area contributed by atoms with Crippen LogP contribution in [0.1, 0.15) is 27.7 Å². The first-order valence-corrected chi connectivity index (χ1v) is 12.8. The molecule has 1 N–H and O–H groups in total. The monoisotopic (exact) mass is 516 g/mol. The number of carbonyl (C=O) groups is 1. The molecule has 0 radical (unpaired) electrons. The van der Waals surface area contributed by atoms with Gasteiger partial charge in [-0.15, -0.1) is 0 Å². The largest absolute Gasteiger partial charge is 0.497 e. The molecule has 0 bridgehead atoms. The summed E-state index contributed by atoms with van der Waals surface area (Å²) in [6, 6.07) is 35.2. The second-order valence-corrected chi connectivity index (χ2v) is 9.30. The smallest absolute Gasteiger partial charge is 0.262 e. The maximum Gasteiger partial charge on any atom is 0.262 e. The fourth-order valence-corrected chi connectivity index (χ4v) is 5.09. The molecule has 6 rings (SSSR count). The van der Waals surface area contributed by atoms with E-state index in [0.29, 0.717) is 17.1 Å². The zero-order valence-corrected chi connectivity index (χ0v) is 21.8. The summed E-state index contributed by atoms with van der Waals surface area (Å²) in [7, 11) is 3.27. The molecule has 0 aromatic heterocycles. The number of rotatable bonds is 7. The standard InChI is InChI=1S/C33H28N2O4/c1-37-25-11-8-12-26(20-25)39-21-24-19-23(17-18-31(24)38-2)32-34-29-15-6-5-14-28(29)33(36)35(32)30-16-7-10-22-9-3-4-13-27(22)30/h3-20,32,34H,21H2,1-2H3. The molecule has 194 valence electrons. The van der Waals surface area contributed by atoms with E-state index in [4.69, 9.17) is 14.2 Å². The molecule has 1 aliphatic heterocycles. The number of fused-ring (bicyclic) bond motifs is 2. The molecule has 5 aromatic rings. The van der Waals surface area contributed by atoms with E-state index < -0.39 is 6.17 Å². The summed E-state index contributed by atoms with van der Waals surface area (Å²) in [5.41, 5.74) is 4.06. The zero-order valence-electron chi connectivity index (χ0n) is 21.8. The number of nitrogens with zero attached hydrogens (tertiary/aromatic N) is 1. The van der Waals surface area contributed by atoms with Crippen LogP contribution in [0.2, 0.25) is 0 Å². The van der Waals surface area contributed by atoms with E-state index in [1.54, 1.807) is 14.2 Å². The van der Waals surface area contributed by atoms with Crippen molar-refractivity contribution >= 4 is 28.1 Å². The summed E-state index contributed by atoms with van der Waals surface area (Å²) in [4.78, 5) is 15.9. The van der Waals surface area contributed by atoms with Gasteiger partial charge in [-0.25, -0.2) is 0 Å². The lowest BCUT2D eigenvalue weighted by atomic mass is 9.99. The molecule has 0 saturated carbocycles. The van der Waals surface area contributed by atoms with Crippen LogP contribution in [0.25, 0.3) is 10.8 Å². The second-order valence-electron chi connectivity index (χ2n) is 9.30. The first-order chi connectivity index (χ1) is 19.2. The van der Waals surface area contributed by atoms with Crippen molar-refractivity contribution in [1.29, 1.82) is 0 Å². The summed E-state index contributed by atoms with van der Waals surface area (Å²) in [5, 5.41) is 5.70. The number of methoxy groups -OCH3 is 2. The van der Waals surface area contributed by atoms with Crippen molar-refractivity contribution in [2.75, 3.05) is 24.4 Å². The Labute approximate surface area is 227 Å². The van der Waals surface area contributed by atoms with Crippen LogP contribution in [0.3, 0.4) is 0 Å². The number of hydrogen-bond donors (Lipinski definition) is 1.